The molecule has 5 nitrogen and oxygen atoms in total. The number of primary amides is 1. The van der Waals surface area contributed by atoms with Crippen LogP contribution < -0.4 is 5.73 Å². The first kappa shape index (κ1) is 16.8. The molecule has 1 saturated heterocycles. The topological polar surface area (TPSA) is 68.3 Å². The maximum absolute atomic E-state index is 12.9. The smallest absolute Gasteiger partial charge is 0.255 e. The summed E-state index contributed by atoms with van der Waals surface area (Å²) in [6.45, 7) is 6.04. The maximum atomic E-state index is 12.9. The fourth-order valence-corrected chi connectivity index (χ4v) is 4.05. The third-order valence-electron chi connectivity index (χ3n) is 4.88. The Morgan fingerprint density at radius 2 is 2.00 bits per heavy atom. The molecule has 0 saturated carbocycles. The first-order valence-corrected chi connectivity index (χ1v) is 9.13. The molecule has 128 valence electrons. The number of rotatable bonds is 4. The van der Waals surface area contributed by atoms with Gasteiger partial charge in [-0.2, -0.15) is 0 Å². The number of hydrogen-bond donors (Lipinski definition) is 1. The molecule has 0 aromatic carbocycles. The number of nitrogens with two attached hydrogens (primary N) is 1. The van der Waals surface area contributed by atoms with Gasteiger partial charge in [-0.25, -0.2) is 0 Å². The number of thiophene rings is 1. The molecule has 6 heteroatoms. The van der Waals surface area contributed by atoms with Crippen molar-refractivity contribution in [2.75, 3.05) is 13.1 Å². The van der Waals surface area contributed by atoms with Crippen molar-refractivity contribution in [3.8, 4) is 0 Å². The number of aromatic nitrogens is 1. The number of likely N-dealkylation sites (tertiary alicyclic amines) is 1. The molecule has 1 fully saturated rings. The molecule has 0 bridgehead atoms. The fraction of sp³-hybridized carbons (Fsp3) is 0.444. The monoisotopic (exact) mass is 345 g/mol. The Balaban J connectivity index is 1.75. The third kappa shape index (κ3) is 3.24. The number of piperidine rings is 1. The van der Waals surface area contributed by atoms with Crippen LogP contribution in [0.4, 0.5) is 0 Å². The van der Waals surface area contributed by atoms with Gasteiger partial charge in [-0.05, 0) is 44.2 Å². The summed E-state index contributed by atoms with van der Waals surface area (Å²) >= 11 is 1.72. The molecule has 2 aromatic heterocycles. The molecule has 1 aliphatic rings. The number of hydrogen-bond acceptors (Lipinski definition) is 3. The Morgan fingerprint density at radius 1 is 1.29 bits per heavy atom. The Hall–Kier alpha value is -2.08. The van der Waals surface area contributed by atoms with Crippen molar-refractivity contribution < 1.29 is 9.59 Å². The first-order chi connectivity index (χ1) is 11.5. The zero-order valence-corrected chi connectivity index (χ0v) is 14.9. The Bertz CT molecular complexity index is 741. The highest BCUT2D eigenvalue weighted by atomic mass is 32.1. The van der Waals surface area contributed by atoms with Crippen molar-refractivity contribution in [2.24, 2.45) is 11.7 Å². The van der Waals surface area contributed by atoms with E-state index in [9.17, 15) is 9.59 Å². The van der Waals surface area contributed by atoms with Gasteiger partial charge in [-0.15, -0.1) is 11.3 Å². The lowest BCUT2D eigenvalue weighted by Crippen LogP contribution is -2.41. The molecular weight excluding hydrogens is 322 g/mol. The Labute approximate surface area is 146 Å². The molecule has 3 heterocycles. The van der Waals surface area contributed by atoms with Crippen LogP contribution in [-0.4, -0.2) is 34.4 Å². The van der Waals surface area contributed by atoms with Crippen molar-refractivity contribution in [3.63, 3.8) is 0 Å². The van der Waals surface area contributed by atoms with Crippen LogP contribution >= 0.6 is 11.3 Å². The minimum absolute atomic E-state index is 0.0588. The van der Waals surface area contributed by atoms with E-state index in [2.05, 4.69) is 16.0 Å². The van der Waals surface area contributed by atoms with Gasteiger partial charge < -0.3 is 15.2 Å². The summed E-state index contributed by atoms with van der Waals surface area (Å²) in [5.41, 5.74) is 8.23. The van der Waals surface area contributed by atoms with Crippen molar-refractivity contribution in [2.45, 2.75) is 33.2 Å². The summed E-state index contributed by atoms with van der Waals surface area (Å²) in [5.74, 6) is -0.292. The van der Waals surface area contributed by atoms with E-state index in [0.717, 1.165) is 23.5 Å². The normalized spacial score (nSPS) is 15.7. The number of amides is 2. The number of nitrogens with zero attached hydrogens (tertiary/aromatic N) is 2. The maximum Gasteiger partial charge on any atom is 0.255 e. The molecule has 2 amide bonds. The number of carbonyl (C=O) groups excluding carboxylic acids is 2. The van der Waals surface area contributed by atoms with Crippen molar-refractivity contribution in [1.29, 1.82) is 0 Å². The van der Waals surface area contributed by atoms with E-state index in [0.29, 0.717) is 25.9 Å². The number of carbonyl (C=O) groups is 2. The molecule has 0 unspecified atom stereocenters. The van der Waals surface area contributed by atoms with Crippen LogP contribution in [0.2, 0.25) is 0 Å². The molecule has 3 rings (SSSR count). The molecule has 0 aliphatic carbocycles. The lowest BCUT2D eigenvalue weighted by atomic mass is 9.96. The molecule has 24 heavy (non-hydrogen) atoms. The van der Waals surface area contributed by atoms with Crippen LogP contribution in [0.3, 0.4) is 0 Å². The zero-order valence-electron chi connectivity index (χ0n) is 14.1. The lowest BCUT2D eigenvalue weighted by Gasteiger charge is -2.30. The highest BCUT2D eigenvalue weighted by Gasteiger charge is 2.28. The molecule has 0 radical (unpaired) electrons. The minimum atomic E-state index is -0.253. The second kappa shape index (κ2) is 6.81. The van der Waals surface area contributed by atoms with Gasteiger partial charge in [-0.3, -0.25) is 9.59 Å². The average molecular weight is 345 g/mol. The molecule has 2 N–H and O–H groups in total. The van der Waals surface area contributed by atoms with Crippen LogP contribution in [0, 0.1) is 19.8 Å². The van der Waals surface area contributed by atoms with Gasteiger partial charge in [0.25, 0.3) is 5.91 Å². The fourth-order valence-electron chi connectivity index (χ4n) is 3.36. The third-order valence-corrected chi connectivity index (χ3v) is 5.74. The SMILES string of the molecule is Cc1cc(C(=O)N2CCC(C(N)=O)CC2)c(C)n1Cc1cccs1. The lowest BCUT2D eigenvalue weighted by molar-refractivity contribution is -0.123. The van der Waals surface area contributed by atoms with E-state index in [-0.39, 0.29) is 17.7 Å². The Kier molecular flexibility index (Phi) is 4.76. The van der Waals surface area contributed by atoms with Crippen molar-refractivity contribution in [3.05, 3.63) is 45.4 Å². The predicted octanol–water partition coefficient (Wildman–Crippen LogP) is 2.55. The van der Waals surface area contributed by atoms with E-state index in [1.165, 1.54) is 4.88 Å². The van der Waals surface area contributed by atoms with E-state index < -0.39 is 0 Å². The van der Waals surface area contributed by atoms with Crippen LogP contribution in [0.15, 0.2) is 23.6 Å². The average Bonchev–Trinajstić information content (AvgIpc) is 3.18. The minimum Gasteiger partial charge on any atom is -0.369 e. The molecule has 0 spiro atoms. The van der Waals surface area contributed by atoms with E-state index in [1.807, 2.05) is 30.9 Å². The summed E-state index contributed by atoms with van der Waals surface area (Å²) in [7, 11) is 0. The summed E-state index contributed by atoms with van der Waals surface area (Å²) < 4.78 is 2.19. The summed E-state index contributed by atoms with van der Waals surface area (Å²) in [5, 5.41) is 2.07. The van der Waals surface area contributed by atoms with Crippen molar-refractivity contribution in [1.82, 2.24) is 9.47 Å². The molecule has 0 atom stereocenters. The highest BCUT2D eigenvalue weighted by molar-refractivity contribution is 7.09. The van der Waals surface area contributed by atoms with E-state index in [4.69, 9.17) is 5.73 Å². The van der Waals surface area contributed by atoms with Gasteiger partial charge in [0.2, 0.25) is 5.91 Å². The van der Waals surface area contributed by atoms with Crippen LogP contribution in [0.25, 0.3) is 0 Å². The van der Waals surface area contributed by atoms with Gasteiger partial charge in [0.1, 0.15) is 0 Å². The van der Waals surface area contributed by atoms with E-state index in [1.54, 1.807) is 11.3 Å². The van der Waals surface area contributed by atoms with Gasteiger partial charge in [0.15, 0.2) is 0 Å². The van der Waals surface area contributed by atoms with Gasteiger partial charge in [0.05, 0.1) is 12.1 Å². The summed E-state index contributed by atoms with van der Waals surface area (Å²) in [4.78, 5) is 27.3. The van der Waals surface area contributed by atoms with Crippen LogP contribution in [0.1, 0.15) is 39.5 Å². The molecule has 2 aromatic rings. The summed E-state index contributed by atoms with van der Waals surface area (Å²) in [6, 6.07) is 6.13. The molecular formula is C18H23N3O2S. The first-order valence-electron chi connectivity index (χ1n) is 8.25. The zero-order chi connectivity index (χ0) is 17.3. The van der Waals surface area contributed by atoms with E-state index >= 15 is 0 Å². The second-order valence-corrected chi connectivity index (χ2v) is 7.45. The van der Waals surface area contributed by atoms with Gasteiger partial charge in [-0.1, -0.05) is 6.07 Å². The highest BCUT2D eigenvalue weighted by Crippen LogP contribution is 2.23. The Morgan fingerprint density at radius 3 is 2.58 bits per heavy atom. The largest absolute Gasteiger partial charge is 0.369 e. The summed E-state index contributed by atoms with van der Waals surface area (Å²) in [6.07, 6.45) is 1.32. The van der Waals surface area contributed by atoms with Crippen molar-refractivity contribution >= 4 is 23.2 Å². The molecule has 1 aliphatic heterocycles. The quantitative estimate of drug-likeness (QED) is 0.925. The standard InChI is InChI=1S/C18H23N3O2S/c1-12-10-16(13(2)21(12)11-15-4-3-9-24-15)18(23)20-7-5-14(6-8-20)17(19)22/h3-4,9-10,14H,5-8,11H2,1-2H3,(H2,19,22). The second-order valence-electron chi connectivity index (χ2n) is 6.42. The predicted molar refractivity (Wildman–Crippen MR) is 95.1 cm³/mol. The van der Waals surface area contributed by atoms with Crippen LogP contribution in [-0.2, 0) is 11.3 Å². The van der Waals surface area contributed by atoms with Gasteiger partial charge >= 0.3 is 0 Å². The van der Waals surface area contributed by atoms with Crippen LogP contribution in [0.5, 0.6) is 0 Å². The number of aryl methyl sites for hydroxylation is 1. The van der Waals surface area contributed by atoms with Gasteiger partial charge in [0, 0.05) is 35.3 Å².